The molecule has 0 fully saturated rings. The molecule has 0 aliphatic heterocycles. The van der Waals surface area contributed by atoms with Crippen LogP contribution in [0.5, 0.6) is 0 Å². The van der Waals surface area contributed by atoms with Crippen LogP contribution in [-0.2, 0) is 20.0 Å². The third-order valence-corrected chi connectivity index (χ3v) is 11.9. The first-order valence-electron chi connectivity index (χ1n) is 17.5. The van der Waals surface area contributed by atoms with Crippen molar-refractivity contribution in [2.45, 2.75) is 12.8 Å². The van der Waals surface area contributed by atoms with Crippen molar-refractivity contribution in [3.63, 3.8) is 0 Å². The molecular weight excluding hydrogens is 752 g/mol. The second-order valence-corrected chi connectivity index (χ2v) is 16.7. The molecule has 0 amide bonds. The molecule has 10 nitrogen and oxygen atoms in total. The molecule has 8 rings (SSSR count). The average Bonchev–Trinajstić information content (AvgIpc) is 3.17. The number of aromatic nitrogens is 2. The second-order valence-electron chi connectivity index (χ2n) is 13.0. The molecule has 0 bridgehead atoms. The summed E-state index contributed by atoms with van der Waals surface area (Å²) in [6.45, 7) is 0. The number of hydrogen-bond acceptors (Lipinski definition) is 8. The van der Waals surface area contributed by atoms with Gasteiger partial charge in [0, 0.05) is 44.3 Å². The third kappa shape index (κ3) is 8.57. The molecule has 4 N–H and O–H groups in total. The molecular formula is C42H37ClN6O4S2. The number of anilines is 6. The molecule has 55 heavy (non-hydrogen) atoms. The summed E-state index contributed by atoms with van der Waals surface area (Å²) in [5, 5.41) is 10.9. The zero-order chi connectivity index (χ0) is 37.1. The Hall–Kier alpha value is -5.95. The fraction of sp³-hybridized carbons (Fsp3) is 0.0952. The summed E-state index contributed by atoms with van der Waals surface area (Å²) in [5.74, 6) is -0.424. The van der Waals surface area contributed by atoms with Crippen LogP contribution in [-0.4, -0.2) is 38.3 Å². The van der Waals surface area contributed by atoms with Crippen molar-refractivity contribution in [1.29, 1.82) is 0 Å². The Labute approximate surface area is 325 Å². The molecule has 0 unspecified atom stereocenters. The molecule has 2 heterocycles. The number of nitrogens with one attached hydrogen (secondary N) is 4. The average molecular weight is 789 g/mol. The molecule has 6 aromatic carbocycles. The lowest BCUT2D eigenvalue weighted by molar-refractivity contribution is 0.590. The van der Waals surface area contributed by atoms with Crippen molar-refractivity contribution in [2.24, 2.45) is 0 Å². The van der Waals surface area contributed by atoms with E-state index in [4.69, 9.17) is 9.97 Å². The lowest BCUT2D eigenvalue weighted by atomic mass is 10.1. The van der Waals surface area contributed by atoms with Crippen LogP contribution in [0.15, 0.2) is 146 Å². The van der Waals surface area contributed by atoms with Gasteiger partial charge in [-0.3, -0.25) is 9.44 Å². The number of halogens is 1. The fourth-order valence-electron chi connectivity index (χ4n) is 6.53. The largest absolute Gasteiger partial charge is 0.354 e. The molecule has 0 saturated heterocycles. The number of hydrogen-bond donors (Lipinski definition) is 4. The van der Waals surface area contributed by atoms with Gasteiger partial charge in [-0.1, -0.05) is 72.8 Å². The molecule has 13 heteroatoms. The predicted octanol–water partition coefficient (Wildman–Crippen LogP) is 9.96. The van der Waals surface area contributed by atoms with E-state index in [1.54, 1.807) is 24.3 Å². The Morgan fingerprint density at radius 2 is 0.655 bits per heavy atom. The monoisotopic (exact) mass is 788 g/mol. The fourth-order valence-corrected chi connectivity index (χ4v) is 8.89. The maximum Gasteiger partial charge on any atom is 0.232 e. The molecule has 0 saturated carbocycles. The molecule has 2 aromatic heterocycles. The van der Waals surface area contributed by atoms with Gasteiger partial charge in [-0.15, -0.1) is 12.4 Å². The van der Waals surface area contributed by atoms with Gasteiger partial charge in [-0.25, -0.2) is 26.8 Å². The van der Waals surface area contributed by atoms with Crippen molar-refractivity contribution < 1.29 is 16.8 Å². The van der Waals surface area contributed by atoms with E-state index in [2.05, 4.69) is 20.1 Å². The van der Waals surface area contributed by atoms with E-state index in [0.717, 1.165) is 66.4 Å². The van der Waals surface area contributed by atoms with E-state index in [1.165, 1.54) is 0 Å². The van der Waals surface area contributed by atoms with E-state index in [0.29, 0.717) is 11.4 Å². The van der Waals surface area contributed by atoms with Gasteiger partial charge in [0.2, 0.25) is 20.0 Å². The lowest BCUT2D eigenvalue weighted by Crippen LogP contribution is -2.20. The van der Waals surface area contributed by atoms with E-state index < -0.39 is 20.0 Å². The predicted molar refractivity (Wildman–Crippen MR) is 229 cm³/mol. The molecule has 278 valence electrons. The van der Waals surface area contributed by atoms with Crippen LogP contribution >= 0.6 is 12.4 Å². The zero-order valence-electron chi connectivity index (χ0n) is 29.4. The van der Waals surface area contributed by atoms with Gasteiger partial charge in [0.05, 0.1) is 44.9 Å². The normalized spacial score (nSPS) is 11.7. The number of fused-ring (bicyclic) bond motifs is 4. The molecule has 0 aliphatic rings. The number of benzene rings is 6. The standard InChI is InChI=1S/C42H36N6O4S2.ClH/c49-53(50,47-31-23-19-29(20-24-31)43-41-33-11-1-5-15-37(33)45-38-16-6-2-12-34(38)41)27-9-10-28-54(51,52)48-32-25-21-30(22-26-32)44-42-35-13-3-7-17-39(35)46-40-18-8-4-14-36(40)42;/h1-8,11-26,47-48H,9-10,27-28H2,(H,43,45)(H,44,46);1H. The van der Waals surface area contributed by atoms with Crippen LogP contribution in [0.4, 0.5) is 34.1 Å². The maximum absolute atomic E-state index is 12.9. The van der Waals surface area contributed by atoms with Crippen LogP contribution in [0.2, 0.25) is 0 Å². The summed E-state index contributed by atoms with van der Waals surface area (Å²) in [5.41, 5.74) is 7.76. The summed E-state index contributed by atoms with van der Waals surface area (Å²) < 4.78 is 56.8. The van der Waals surface area contributed by atoms with Gasteiger partial charge in [0.1, 0.15) is 0 Å². The summed E-state index contributed by atoms with van der Waals surface area (Å²) in [4.78, 5) is 9.54. The molecule has 0 radical (unpaired) electrons. The molecule has 8 aromatic rings. The number of nitrogens with zero attached hydrogens (tertiary/aromatic N) is 2. The van der Waals surface area contributed by atoms with E-state index in [9.17, 15) is 16.8 Å². The Bertz CT molecular complexity index is 2570. The van der Waals surface area contributed by atoms with Crippen LogP contribution in [0.3, 0.4) is 0 Å². The number of para-hydroxylation sites is 4. The topological polar surface area (TPSA) is 142 Å². The van der Waals surface area contributed by atoms with Gasteiger partial charge >= 0.3 is 0 Å². The maximum atomic E-state index is 12.9. The van der Waals surface area contributed by atoms with Crippen molar-refractivity contribution >= 4 is 110 Å². The Morgan fingerprint density at radius 1 is 0.382 bits per heavy atom. The van der Waals surface area contributed by atoms with Gasteiger partial charge in [0.15, 0.2) is 0 Å². The first kappa shape index (κ1) is 37.4. The Morgan fingerprint density at radius 3 is 0.964 bits per heavy atom. The van der Waals surface area contributed by atoms with Crippen LogP contribution in [0.25, 0.3) is 43.6 Å². The minimum Gasteiger partial charge on any atom is -0.354 e. The highest BCUT2D eigenvalue weighted by atomic mass is 35.5. The molecule has 0 atom stereocenters. The zero-order valence-corrected chi connectivity index (χ0v) is 31.9. The van der Waals surface area contributed by atoms with Gasteiger partial charge in [-0.2, -0.15) is 0 Å². The van der Waals surface area contributed by atoms with E-state index in [1.807, 2.05) is 121 Å². The first-order valence-corrected chi connectivity index (χ1v) is 20.8. The van der Waals surface area contributed by atoms with E-state index in [-0.39, 0.29) is 36.8 Å². The third-order valence-electron chi connectivity index (χ3n) is 9.11. The molecule has 0 aliphatic carbocycles. The van der Waals surface area contributed by atoms with Crippen molar-refractivity contribution in [1.82, 2.24) is 9.97 Å². The minimum absolute atomic E-state index is 0. The Balaban J connectivity index is 0.00000465. The van der Waals surface area contributed by atoms with Crippen LogP contribution < -0.4 is 20.1 Å². The SMILES string of the molecule is Cl.O=S(=O)(CCCCS(=O)(=O)Nc1ccc(Nc2c3ccccc3nc3ccccc23)cc1)Nc1ccc(Nc2c3ccccc3nc3ccccc23)cc1. The number of rotatable bonds is 13. The minimum atomic E-state index is -3.70. The lowest BCUT2D eigenvalue weighted by Gasteiger charge is -2.14. The first-order chi connectivity index (χ1) is 26.2. The highest BCUT2D eigenvalue weighted by Gasteiger charge is 2.16. The van der Waals surface area contributed by atoms with Crippen LogP contribution in [0, 0.1) is 0 Å². The van der Waals surface area contributed by atoms with E-state index >= 15 is 0 Å². The highest BCUT2D eigenvalue weighted by Crippen LogP contribution is 2.35. The smallest absolute Gasteiger partial charge is 0.232 e. The van der Waals surface area contributed by atoms with Crippen molar-refractivity contribution in [2.75, 3.05) is 31.6 Å². The number of pyridine rings is 2. The quantitative estimate of drug-likeness (QED) is 0.0668. The van der Waals surface area contributed by atoms with Gasteiger partial charge < -0.3 is 10.6 Å². The highest BCUT2D eigenvalue weighted by molar-refractivity contribution is 7.93. The number of sulfonamides is 2. The summed E-state index contributed by atoms with van der Waals surface area (Å²) in [6, 6.07) is 45.7. The Kier molecular flexibility index (Phi) is 10.7. The van der Waals surface area contributed by atoms with Crippen molar-refractivity contribution in [3.05, 3.63) is 146 Å². The van der Waals surface area contributed by atoms with Gasteiger partial charge in [0.25, 0.3) is 0 Å². The second kappa shape index (κ2) is 15.8. The number of unbranched alkanes of at least 4 members (excludes halogenated alkanes) is 1. The summed E-state index contributed by atoms with van der Waals surface area (Å²) in [7, 11) is -7.41. The summed E-state index contributed by atoms with van der Waals surface area (Å²) >= 11 is 0. The van der Waals surface area contributed by atoms with Crippen molar-refractivity contribution in [3.8, 4) is 0 Å². The van der Waals surface area contributed by atoms with Gasteiger partial charge in [-0.05, 0) is 85.6 Å². The molecule has 0 spiro atoms. The van der Waals surface area contributed by atoms with Crippen LogP contribution in [0.1, 0.15) is 12.8 Å². The summed E-state index contributed by atoms with van der Waals surface area (Å²) in [6.07, 6.45) is 0.351.